The molecule has 1 aromatic carbocycles. The summed E-state index contributed by atoms with van der Waals surface area (Å²) in [5.74, 6) is -0.0279. The Morgan fingerprint density at radius 3 is 2.57 bits per heavy atom. The highest BCUT2D eigenvalue weighted by Crippen LogP contribution is 2.35. The third-order valence-corrected chi connectivity index (χ3v) is 3.35. The first kappa shape index (κ1) is 16.1. The maximum atomic E-state index is 12.7. The zero-order valence-electron chi connectivity index (χ0n) is 10.4. The molecule has 0 fully saturated rings. The van der Waals surface area contributed by atoms with E-state index in [0.717, 1.165) is 6.07 Å². The van der Waals surface area contributed by atoms with Crippen LogP contribution in [0.3, 0.4) is 0 Å². The van der Waals surface area contributed by atoms with Crippen molar-refractivity contribution < 1.29 is 17.9 Å². The van der Waals surface area contributed by atoms with Gasteiger partial charge in [-0.1, -0.05) is 33.6 Å². The van der Waals surface area contributed by atoms with Crippen LogP contribution < -0.4 is 10.5 Å². The minimum Gasteiger partial charge on any atom is -0.437 e. The van der Waals surface area contributed by atoms with Gasteiger partial charge in [0.15, 0.2) is 0 Å². The van der Waals surface area contributed by atoms with Gasteiger partial charge in [0, 0.05) is 16.6 Å². The molecule has 0 unspecified atom stereocenters. The van der Waals surface area contributed by atoms with E-state index in [1.54, 1.807) is 12.1 Å². The lowest BCUT2D eigenvalue weighted by Gasteiger charge is -2.13. The van der Waals surface area contributed by atoms with Gasteiger partial charge in [-0.3, -0.25) is 0 Å². The second-order valence-corrected chi connectivity index (χ2v) is 5.36. The monoisotopic (exact) mass is 380 g/mol. The quantitative estimate of drug-likeness (QED) is 0.833. The fourth-order valence-corrected chi connectivity index (χ4v) is 2.03. The summed E-state index contributed by atoms with van der Waals surface area (Å²) < 4.78 is 44.2. The molecule has 0 aliphatic carbocycles. The van der Waals surface area contributed by atoms with Crippen LogP contribution in [0.15, 0.2) is 34.8 Å². The molecule has 0 amide bonds. The standard InChI is InChI=1S/C13H9BrClF3N2O/c14-8-2-3-9(15)10(5-8)21-12-7(6-19)1-4-11(20-12)13(16,17)18/h1-5H,6,19H2. The molecule has 2 rings (SSSR count). The molecule has 0 saturated carbocycles. The number of ether oxygens (including phenoxy) is 1. The minimum atomic E-state index is -4.56. The van der Waals surface area contributed by atoms with Crippen LogP contribution in [-0.2, 0) is 12.7 Å². The average molecular weight is 382 g/mol. The average Bonchev–Trinajstić information content (AvgIpc) is 2.42. The molecule has 1 aromatic heterocycles. The van der Waals surface area contributed by atoms with Crippen molar-refractivity contribution in [2.45, 2.75) is 12.7 Å². The molecule has 0 spiro atoms. The van der Waals surface area contributed by atoms with Crippen molar-refractivity contribution >= 4 is 27.5 Å². The lowest BCUT2D eigenvalue weighted by atomic mass is 10.2. The molecular weight excluding hydrogens is 373 g/mol. The van der Waals surface area contributed by atoms with Crippen LogP contribution in [0.5, 0.6) is 11.6 Å². The van der Waals surface area contributed by atoms with Crippen LogP contribution >= 0.6 is 27.5 Å². The van der Waals surface area contributed by atoms with Gasteiger partial charge in [0.05, 0.1) is 5.02 Å². The smallest absolute Gasteiger partial charge is 0.433 e. The van der Waals surface area contributed by atoms with Gasteiger partial charge >= 0.3 is 6.18 Å². The molecular formula is C13H9BrClF3N2O. The lowest BCUT2D eigenvalue weighted by molar-refractivity contribution is -0.141. The summed E-state index contributed by atoms with van der Waals surface area (Å²) in [4.78, 5) is 3.48. The van der Waals surface area contributed by atoms with Crippen LogP contribution in [0, 0.1) is 0 Å². The Kier molecular flexibility index (Phi) is 4.75. The molecule has 2 N–H and O–H groups in total. The Balaban J connectivity index is 2.44. The third-order valence-electron chi connectivity index (χ3n) is 2.55. The van der Waals surface area contributed by atoms with Crippen molar-refractivity contribution in [3.63, 3.8) is 0 Å². The summed E-state index contributed by atoms with van der Waals surface area (Å²) in [6.45, 7) is -0.00784. The van der Waals surface area contributed by atoms with Crippen LogP contribution in [0.2, 0.25) is 5.02 Å². The number of aromatic nitrogens is 1. The summed E-state index contributed by atoms with van der Waals surface area (Å²) >= 11 is 9.17. The van der Waals surface area contributed by atoms with E-state index in [0.29, 0.717) is 10.0 Å². The predicted octanol–water partition coefficient (Wildman–Crippen LogP) is 4.77. The van der Waals surface area contributed by atoms with Crippen LogP contribution in [0.25, 0.3) is 0 Å². The van der Waals surface area contributed by atoms with Crippen LogP contribution in [-0.4, -0.2) is 4.98 Å². The highest BCUT2D eigenvalue weighted by atomic mass is 79.9. The van der Waals surface area contributed by atoms with Crippen molar-refractivity contribution in [3.8, 4) is 11.6 Å². The number of nitrogens with zero attached hydrogens (tertiary/aromatic N) is 1. The van der Waals surface area contributed by atoms with Gasteiger partial charge in [-0.2, -0.15) is 13.2 Å². The Morgan fingerprint density at radius 1 is 1.24 bits per heavy atom. The second kappa shape index (κ2) is 6.21. The van der Waals surface area contributed by atoms with E-state index in [1.807, 2.05) is 0 Å². The summed E-state index contributed by atoms with van der Waals surface area (Å²) in [5, 5.41) is 0.250. The van der Waals surface area contributed by atoms with Gasteiger partial charge < -0.3 is 10.5 Å². The molecule has 3 nitrogen and oxygen atoms in total. The number of hydrogen-bond acceptors (Lipinski definition) is 3. The van der Waals surface area contributed by atoms with Crippen molar-refractivity contribution in [1.82, 2.24) is 4.98 Å². The zero-order valence-corrected chi connectivity index (χ0v) is 12.8. The topological polar surface area (TPSA) is 48.1 Å². The largest absolute Gasteiger partial charge is 0.437 e. The van der Waals surface area contributed by atoms with E-state index < -0.39 is 11.9 Å². The predicted molar refractivity (Wildman–Crippen MR) is 76.4 cm³/mol. The van der Waals surface area contributed by atoms with Gasteiger partial charge in [-0.05, 0) is 24.3 Å². The highest BCUT2D eigenvalue weighted by Gasteiger charge is 2.33. The highest BCUT2D eigenvalue weighted by molar-refractivity contribution is 9.10. The van der Waals surface area contributed by atoms with E-state index in [4.69, 9.17) is 22.1 Å². The van der Waals surface area contributed by atoms with Gasteiger partial charge in [0.25, 0.3) is 0 Å². The SMILES string of the molecule is NCc1ccc(C(F)(F)F)nc1Oc1cc(Br)ccc1Cl. The molecule has 21 heavy (non-hydrogen) atoms. The fraction of sp³-hybridized carbons (Fsp3) is 0.154. The zero-order chi connectivity index (χ0) is 15.6. The minimum absolute atomic E-state index is 0.00784. The summed E-state index contributed by atoms with van der Waals surface area (Å²) in [7, 11) is 0. The van der Waals surface area contributed by atoms with E-state index in [1.165, 1.54) is 12.1 Å². The molecule has 0 radical (unpaired) electrons. The van der Waals surface area contributed by atoms with E-state index in [2.05, 4.69) is 20.9 Å². The molecule has 112 valence electrons. The van der Waals surface area contributed by atoms with Gasteiger partial charge in [-0.25, -0.2) is 4.98 Å². The molecule has 0 aliphatic rings. The van der Waals surface area contributed by atoms with Crippen LogP contribution in [0.1, 0.15) is 11.3 Å². The second-order valence-electron chi connectivity index (χ2n) is 4.04. The number of nitrogens with two attached hydrogens (primary N) is 1. The van der Waals surface area contributed by atoms with E-state index in [9.17, 15) is 13.2 Å². The number of halogens is 5. The van der Waals surface area contributed by atoms with Crippen molar-refractivity contribution in [2.75, 3.05) is 0 Å². The summed E-state index contributed by atoms with van der Waals surface area (Å²) in [6, 6.07) is 6.86. The summed E-state index contributed by atoms with van der Waals surface area (Å²) in [6.07, 6.45) is -4.56. The first-order valence-electron chi connectivity index (χ1n) is 5.71. The van der Waals surface area contributed by atoms with Gasteiger partial charge in [-0.15, -0.1) is 0 Å². The van der Waals surface area contributed by atoms with Crippen LogP contribution in [0.4, 0.5) is 13.2 Å². The Bertz CT molecular complexity index is 664. The molecule has 1 heterocycles. The summed E-state index contributed by atoms with van der Waals surface area (Å²) in [5.41, 5.74) is 4.78. The Labute approximate surface area is 132 Å². The number of hydrogen-bond donors (Lipinski definition) is 1. The van der Waals surface area contributed by atoms with Gasteiger partial charge in [0.2, 0.25) is 5.88 Å². The number of rotatable bonds is 3. The van der Waals surface area contributed by atoms with Crippen molar-refractivity contribution in [2.24, 2.45) is 5.73 Å². The number of benzene rings is 1. The molecule has 0 bridgehead atoms. The number of pyridine rings is 1. The lowest BCUT2D eigenvalue weighted by Crippen LogP contribution is -2.10. The Hall–Kier alpha value is -1.31. The first-order chi connectivity index (χ1) is 9.81. The van der Waals surface area contributed by atoms with E-state index >= 15 is 0 Å². The molecule has 0 atom stereocenters. The molecule has 0 saturated heterocycles. The van der Waals surface area contributed by atoms with Crippen molar-refractivity contribution in [3.05, 3.63) is 51.1 Å². The number of alkyl halides is 3. The molecule has 2 aromatic rings. The molecule has 0 aliphatic heterocycles. The third kappa shape index (κ3) is 3.87. The fourth-order valence-electron chi connectivity index (χ4n) is 1.53. The van der Waals surface area contributed by atoms with E-state index in [-0.39, 0.29) is 23.2 Å². The first-order valence-corrected chi connectivity index (χ1v) is 6.88. The van der Waals surface area contributed by atoms with Crippen molar-refractivity contribution in [1.29, 1.82) is 0 Å². The normalized spacial score (nSPS) is 11.5. The maximum absolute atomic E-state index is 12.7. The Morgan fingerprint density at radius 2 is 1.95 bits per heavy atom. The maximum Gasteiger partial charge on any atom is 0.433 e. The van der Waals surface area contributed by atoms with Gasteiger partial charge in [0.1, 0.15) is 11.4 Å². The molecule has 8 heteroatoms.